The molecular weight excluding hydrogens is 216 g/mol. The monoisotopic (exact) mass is 242 g/mol. The van der Waals surface area contributed by atoms with Crippen molar-refractivity contribution in [3.05, 3.63) is 0 Å². The van der Waals surface area contributed by atoms with Crippen molar-refractivity contribution in [2.24, 2.45) is 5.92 Å². The number of hydrogen-bond acceptors (Lipinski definition) is 2. The Kier molecular flexibility index (Phi) is 6.34. The summed E-state index contributed by atoms with van der Waals surface area (Å²) in [5.74, 6) is 0.654. The van der Waals surface area contributed by atoms with E-state index in [9.17, 15) is 4.79 Å². The molecule has 4 heteroatoms. The summed E-state index contributed by atoms with van der Waals surface area (Å²) in [5, 5.41) is 12.0. The average Bonchev–Trinajstić information content (AvgIpc) is 2.21. The maximum atomic E-state index is 12.0. The third kappa shape index (κ3) is 4.54. The Labute approximate surface area is 104 Å². The molecule has 100 valence electrons. The molecule has 0 aromatic carbocycles. The van der Waals surface area contributed by atoms with E-state index < -0.39 is 0 Å². The number of nitrogens with one attached hydrogen (secondary N) is 1. The first kappa shape index (κ1) is 14.3. The molecule has 1 aliphatic rings. The van der Waals surface area contributed by atoms with E-state index in [1.54, 1.807) is 4.90 Å². The van der Waals surface area contributed by atoms with Crippen LogP contribution in [-0.4, -0.2) is 41.8 Å². The van der Waals surface area contributed by atoms with Crippen molar-refractivity contribution in [2.75, 3.05) is 19.7 Å². The molecule has 0 saturated heterocycles. The number of amides is 2. The highest BCUT2D eigenvalue weighted by Gasteiger charge is 2.26. The Hall–Kier alpha value is -0.770. The second kappa shape index (κ2) is 7.54. The fraction of sp³-hybridized carbons (Fsp3) is 0.923. The van der Waals surface area contributed by atoms with Crippen LogP contribution in [-0.2, 0) is 0 Å². The van der Waals surface area contributed by atoms with Gasteiger partial charge >= 0.3 is 6.03 Å². The molecule has 0 bridgehead atoms. The minimum Gasteiger partial charge on any atom is -0.395 e. The molecule has 1 atom stereocenters. The van der Waals surface area contributed by atoms with Gasteiger partial charge in [-0.1, -0.05) is 19.8 Å². The molecule has 1 rings (SSSR count). The largest absolute Gasteiger partial charge is 0.395 e. The summed E-state index contributed by atoms with van der Waals surface area (Å²) < 4.78 is 0. The number of hydrogen-bond donors (Lipinski definition) is 2. The van der Waals surface area contributed by atoms with Gasteiger partial charge in [0.05, 0.1) is 6.61 Å². The number of nitrogens with zero attached hydrogens (tertiary/aromatic N) is 1. The first-order valence-electron chi connectivity index (χ1n) is 6.85. The highest BCUT2D eigenvalue weighted by Crippen LogP contribution is 2.29. The number of urea groups is 1. The lowest BCUT2D eigenvalue weighted by Crippen LogP contribution is -2.48. The van der Waals surface area contributed by atoms with E-state index in [0.29, 0.717) is 12.5 Å². The summed E-state index contributed by atoms with van der Waals surface area (Å²) in [6, 6.07) is 0.242. The third-order valence-electron chi connectivity index (χ3n) is 3.65. The minimum absolute atomic E-state index is 0.0214. The van der Waals surface area contributed by atoms with Crippen LogP contribution in [0.4, 0.5) is 4.79 Å². The Morgan fingerprint density at radius 2 is 2.18 bits per heavy atom. The van der Waals surface area contributed by atoms with Crippen LogP contribution in [0.3, 0.4) is 0 Å². The van der Waals surface area contributed by atoms with E-state index in [2.05, 4.69) is 19.2 Å². The molecule has 1 unspecified atom stereocenters. The lowest BCUT2D eigenvalue weighted by atomic mass is 9.80. The van der Waals surface area contributed by atoms with Gasteiger partial charge in [-0.15, -0.1) is 0 Å². The molecular formula is C13H26N2O2. The molecule has 0 aromatic rings. The first-order chi connectivity index (χ1) is 8.19. The maximum Gasteiger partial charge on any atom is 0.317 e. The predicted molar refractivity (Wildman–Crippen MR) is 68.9 cm³/mol. The summed E-state index contributed by atoms with van der Waals surface area (Å²) in [6.45, 7) is 5.39. The maximum absolute atomic E-state index is 12.0. The van der Waals surface area contributed by atoms with Gasteiger partial charge in [-0.2, -0.15) is 0 Å². The molecule has 1 aliphatic carbocycles. The van der Waals surface area contributed by atoms with Crippen LogP contribution >= 0.6 is 0 Å². The van der Waals surface area contributed by atoms with E-state index in [-0.39, 0.29) is 18.7 Å². The summed E-state index contributed by atoms with van der Waals surface area (Å²) in [5.41, 5.74) is 0. The Bertz CT molecular complexity index is 229. The number of rotatable bonds is 7. The normalized spacial score (nSPS) is 17.4. The fourth-order valence-electron chi connectivity index (χ4n) is 2.13. The number of aliphatic hydroxyl groups is 1. The van der Waals surface area contributed by atoms with Crippen molar-refractivity contribution in [3.8, 4) is 0 Å². The smallest absolute Gasteiger partial charge is 0.317 e. The Morgan fingerprint density at radius 3 is 2.65 bits per heavy atom. The molecule has 0 aliphatic heterocycles. The predicted octanol–water partition coefficient (Wildman–Crippen LogP) is 1.98. The topological polar surface area (TPSA) is 52.6 Å². The van der Waals surface area contributed by atoms with Gasteiger partial charge in [-0.3, -0.25) is 0 Å². The molecule has 1 fully saturated rings. The summed E-state index contributed by atoms with van der Waals surface area (Å²) in [7, 11) is 0. The Balaban J connectivity index is 2.34. The first-order valence-corrected chi connectivity index (χ1v) is 6.85. The molecule has 2 N–H and O–H groups in total. The van der Waals surface area contributed by atoms with Crippen LogP contribution < -0.4 is 5.32 Å². The average molecular weight is 242 g/mol. The molecule has 1 saturated carbocycles. The number of carbonyl (C=O) groups excluding carboxylic acids is 1. The van der Waals surface area contributed by atoms with Crippen LogP contribution in [0.5, 0.6) is 0 Å². The Morgan fingerprint density at radius 1 is 1.47 bits per heavy atom. The van der Waals surface area contributed by atoms with Gasteiger partial charge in [-0.05, 0) is 32.1 Å². The zero-order valence-corrected chi connectivity index (χ0v) is 11.1. The van der Waals surface area contributed by atoms with Crippen molar-refractivity contribution < 1.29 is 9.90 Å². The minimum atomic E-state index is -0.0214. The van der Waals surface area contributed by atoms with Crippen molar-refractivity contribution >= 4 is 6.03 Å². The van der Waals surface area contributed by atoms with Crippen molar-refractivity contribution in [1.29, 1.82) is 0 Å². The van der Waals surface area contributed by atoms with Crippen LogP contribution in [0.2, 0.25) is 0 Å². The lowest BCUT2D eigenvalue weighted by Gasteiger charge is -2.33. The second-order valence-corrected chi connectivity index (χ2v) is 4.99. The van der Waals surface area contributed by atoms with Crippen LogP contribution in [0, 0.1) is 5.92 Å². The van der Waals surface area contributed by atoms with Gasteiger partial charge in [0, 0.05) is 19.1 Å². The SMILES string of the molecule is CCCCN(CCO)C(=O)NC(C)C1CCC1. The van der Waals surface area contributed by atoms with Gasteiger partial charge in [0.2, 0.25) is 0 Å². The van der Waals surface area contributed by atoms with Gasteiger partial charge < -0.3 is 15.3 Å². The quantitative estimate of drug-likeness (QED) is 0.717. The van der Waals surface area contributed by atoms with Gasteiger partial charge in [0.15, 0.2) is 0 Å². The van der Waals surface area contributed by atoms with Gasteiger partial charge in [0.25, 0.3) is 0 Å². The fourth-order valence-corrected chi connectivity index (χ4v) is 2.13. The van der Waals surface area contributed by atoms with Crippen LogP contribution in [0.25, 0.3) is 0 Å². The molecule has 2 amide bonds. The molecule has 0 spiro atoms. The zero-order chi connectivity index (χ0) is 12.7. The lowest BCUT2D eigenvalue weighted by molar-refractivity contribution is 0.163. The van der Waals surface area contributed by atoms with E-state index in [0.717, 1.165) is 19.4 Å². The summed E-state index contributed by atoms with van der Waals surface area (Å²) >= 11 is 0. The summed E-state index contributed by atoms with van der Waals surface area (Å²) in [6.07, 6.45) is 5.81. The van der Waals surface area contributed by atoms with E-state index in [1.165, 1.54) is 19.3 Å². The van der Waals surface area contributed by atoms with Crippen LogP contribution in [0.1, 0.15) is 46.0 Å². The summed E-state index contributed by atoms with van der Waals surface area (Å²) in [4.78, 5) is 13.7. The zero-order valence-electron chi connectivity index (χ0n) is 11.1. The number of carbonyl (C=O) groups is 1. The molecule has 0 heterocycles. The van der Waals surface area contributed by atoms with E-state index in [4.69, 9.17) is 5.11 Å². The number of unbranched alkanes of at least 4 members (excludes halogenated alkanes) is 1. The van der Waals surface area contributed by atoms with Crippen molar-refractivity contribution in [2.45, 2.75) is 52.0 Å². The molecule has 17 heavy (non-hydrogen) atoms. The van der Waals surface area contributed by atoms with E-state index in [1.807, 2.05) is 0 Å². The van der Waals surface area contributed by atoms with Crippen molar-refractivity contribution in [1.82, 2.24) is 10.2 Å². The number of aliphatic hydroxyl groups excluding tert-OH is 1. The van der Waals surface area contributed by atoms with Gasteiger partial charge in [0.1, 0.15) is 0 Å². The van der Waals surface area contributed by atoms with Crippen LogP contribution in [0.15, 0.2) is 0 Å². The van der Waals surface area contributed by atoms with Gasteiger partial charge in [-0.25, -0.2) is 4.79 Å². The standard InChI is InChI=1S/C13H26N2O2/c1-3-4-8-15(9-10-16)13(17)14-11(2)12-6-5-7-12/h11-12,16H,3-10H2,1-2H3,(H,14,17). The molecule has 4 nitrogen and oxygen atoms in total. The molecule has 0 radical (unpaired) electrons. The molecule has 0 aromatic heterocycles. The highest BCUT2D eigenvalue weighted by atomic mass is 16.3. The third-order valence-corrected chi connectivity index (χ3v) is 3.65. The van der Waals surface area contributed by atoms with Crippen molar-refractivity contribution in [3.63, 3.8) is 0 Å². The highest BCUT2D eigenvalue weighted by molar-refractivity contribution is 5.74. The van der Waals surface area contributed by atoms with E-state index >= 15 is 0 Å². The second-order valence-electron chi connectivity index (χ2n) is 4.99.